The van der Waals surface area contributed by atoms with Gasteiger partial charge >= 0.3 is 5.97 Å². The topological polar surface area (TPSA) is 35.5 Å². The lowest BCUT2D eigenvalue weighted by Gasteiger charge is -2.09. The Kier molecular flexibility index (Phi) is 5.81. The summed E-state index contributed by atoms with van der Waals surface area (Å²) in [4.78, 5) is 11.3. The van der Waals surface area contributed by atoms with Crippen molar-refractivity contribution >= 4 is 16.7 Å². The first-order valence-corrected chi connectivity index (χ1v) is 7.75. The molecule has 0 saturated carbocycles. The van der Waals surface area contributed by atoms with E-state index in [0.717, 1.165) is 21.9 Å². The molecule has 0 aliphatic carbocycles. The van der Waals surface area contributed by atoms with Gasteiger partial charge < -0.3 is 9.47 Å². The van der Waals surface area contributed by atoms with Crippen molar-refractivity contribution < 1.29 is 14.3 Å². The molecule has 0 heterocycles. The lowest BCUT2D eigenvalue weighted by atomic mass is 10.1. The molecule has 0 aliphatic heterocycles. The summed E-state index contributed by atoms with van der Waals surface area (Å²) in [6.45, 7) is 14.6. The lowest BCUT2D eigenvalue weighted by molar-refractivity contribution is -0.137. The smallest absolute Gasteiger partial charge is 0.334 e. The number of allylic oxidation sites excluding steroid dienone is 1. The van der Waals surface area contributed by atoms with Crippen LogP contribution < -0.4 is 4.74 Å². The average Bonchev–Trinajstić information content (AvgIpc) is 2.58. The minimum absolute atomic E-state index is 0.0412. The maximum Gasteiger partial charge on any atom is 0.334 e. The first-order valence-electron chi connectivity index (χ1n) is 7.75. The molecule has 0 aliphatic rings. The van der Waals surface area contributed by atoms with E-state index >= 15 is 0 Å². The molecule has 2 aromatic carbocycles. The molecular weight excluding hydrogens is 312 g/mol. The van der Waals surface area contributed by atoms with Crippen LogP contribution in [-0.2, 0) is 9.53 Å². The highest BCUT2D eigenvalue weighted by Gasteiger charge is 2.02. The molecule has 3 heteroatoms. The molecular formula is C22H20O3. The summed E-state index contributed by atoms with van der Waals surface area (Å²) in [6.07, 6.45) is 0. The molecule has 2 aromatic rings. The molecule has 0 N–H and O–H groups in total. The quantitative estimate of drug-likeness (QED) is 0.260. The van der Waals surface area contributed by atoms with Gasteiger partial charge in [-0.2, -0.15) is 0 Å². The van der Waals surface area contributed by atoms with Gasteiger partial charge in [-0.3, -0.25) is 0 Å². The number of hydrogen-bond acceptors (Lipinski definition) is 3. The van der Waals surface area contributed by atoms with Crippen molar-refractivity contribution in [2.45, 2.75) is 13.8 Å². The van der Waals surface area contributed by atoms with E-state index in [-0.39, 0.29) is 6.61 Å². The summed E-state index contributed by atoms with van der Waals surface area (Å²) in [7, 11) is 0. The van der Waals surface area contributed by atoms with Crippen LogP contribution in [0, 0.1) is 11.8 Å². The van der Waals surface area contributed by atoms with Gasteiger partial charge in [-0.25, -0.2) is 4.79 Å². The Labute approximate surface area is 148 Å². The number of rotatable bonds is 5. The van der Waals surface area contributed by atoms with E-state index in [1.165, 1.54) is 0 Å². The highest BCUT2D eigenvalue weighted by molar-refractivity contribution is 5.87. The van der Waals surface area contributed by atoms with Gasteiger partial charge in [0.05, 0.1) is 0 Å². The second-order valence-corrected chi connectivity index (χ2v) is 5.69. The number of fused-ring (bicyclic) bond motifs is 1. The highest BCUT2D eigenvalue weighted by atomic mass is 16.5. The molecule has 3 nitrogen and oxygen atoms in total. The van der Waals surface area contributed by atoms with Crippen LogP contribution in [-0.4, -0.2) is 12.6 Å². The normalized spacial score (nSPS) is 9.68. The highest BCUT2D eigenvalue weighted by Crippen LogP contribution is 2.24. The van der Waals surface area contributed by atoms with Crippen molar-refractivity contribution in [3.05, 3.63) is 78.6 Å². The molecule has 0 radical (unpaired) electrons. The first-order chi connectivity index (χ1) is 11.9. The Morgan fingerprint density at radius 2 is 1.68 bits per heavy atom. The Bertz CT molecular complexity index is 923. The fraction of sp³-hybridized carbons (Fsp3) is 0.136. The molecule has 0 aromatic heterocycles. The van der Waals surface area contributed by atoms with Crippen LogP contribution in [0.25, 0.3) is 10.8 Å². The molecule has 0 saturated heterocycles. The second kappa shape index (κ2) is 8.03. The summed E-state index contributed by atoms with van der Waals surface area (Å²) in [5, 5.41) is 2.07. The largest absolute Gasteiger partial charge is 0.458 e. The summed E-state index contributed by atoms with van der Waals surface area (Å²) in [6, 6.07) is 11.6. The molecule has 0 unspecified atom stereocenters. The van der Waals surface area contributed by atoms with Gasteiger partial charge in [-0.15, -0.1) is 0 Å². The predicted octanol–water partition coefficient (Wildman–Crippen LogP) is 4.78. The Hall–Kier alpha value is -3.25. The Morgan fingerprint density at radius 1 is 1.00 bits per heavy atom. The second-order valence-electron chi connectivity index (χ2n) is 5.69. The van der Waals surface area contributed by atoms with Gasteiger partial charge in [0, 0.05) is 11.1 Å². The Morgan fingerprint density at radius 3 is 2.36 bits per heavy atom. The van der Waals surface area contributed by atoms with Crippen molar-refractivity contribution in [1.82, 2.24) is 0 Å². The van der Waals surface area contributed by atoms with Crippen molar-refractivity contribution in [3.8, 4) is 17.6 Å². The maximum atomic E-state index is 11.3. The van der Waals surface area contributed by atoms with Crippen LogP contribution in [0.3, 0.4) is 0 Å². The van der Waals surface area contributed by atoms with Crippen molar-refractivity contribution in [1.29, 1.82) is 0 Å². The summed E-state index contributed by atoms with van der Waals surface area (Å²) in [5.41, 5.74) is 2.00. The average molecular weight is 332 g/mol. The third kappa shape index (κ3) is 5.12. The summed E-state index contributed by atoms with van der Waals surface area (Å²) in [5.74, 6) is 6.63. The van der Waals surface area contributed by atoms with E-state index in [9.17, 15) is 4.79 Å². The van der Waals surface area contributed by atoms with E-state index in [4.69, 9.17) is 9.47 Å². The van der Waals surface area contributed by atoms with Crippen molar-refractivity contribution in [2.24, 2.45) is 0 Å². The minimum Gasteiger partial charge on any atom is -0.458 e. The van der Waals surface area contributed by atoms with Crippen molar-refractivity contribution in [2.75, 3.05) is 6.61 Å². The van der Waals surface area contributed by atoms with E-state index in [1.807, 2.05) is 43.3 Å². The molecule has 0 spiro atoms. The van der Waals surface area contributed by atoms with Crippen LogP contribution >= 0.6 is 0 Å². The number of benzene rings is 2. The zero-order valence-electron chi connectivity index (χ0n) is 14.5. The molecule has 2 rings (SSSR count). The molecule has 0 amide bonds. The number of hydrogen-bond donors (Lipinski definition) is 0. The molecule has 25 heavy (non-hydrogen) atoms. The fourth-order valence-corrected chi connectivity index (χ4v) is 1.96. The van der Waals surface area contributed by atoms with Gasteiger partial charge in [0.25, 0.3) is 0 Å². The van der Waals surface area contributed by atoms with Crippen LogP contribution in [0.4, 0.5) is 0 Å². The SMILES string of the molecule is C=C(C)C(=C)Oc1ccc2cc(C#CCOC(=O)C(=C)C)ccc2c1. The van der Waals surface area contributed by atoms with Crippen LogP contribution in [0.2, 0.25) is 0 Å². The number of ether oxygens (including phenoxy) is 2. The van der Waals surface area contributed by atoms with Crippen LogP contribution in [0.1, 0.15) is 19.4 Å². The number of esters is 1. The van der Waals surface area contributed by atoms with Gasteiger partial charge in [-0.05, 0) is 54.5 Å². The fourth-order valence-electron chi connectivity index (χ4n) is 1.96. The van der Waals surface area contributed by atoms with Gasteiger partial charge in [0.15, 0.2) is 6.61 Å². The van der Waals surface area contributed by atoms with E-state index in [0.29, 0.717) is 17.1 Å². The molecule has 0 bridgehead atoms. The molecule has 126 valence electrons. The zero-order valence-corrected chi connectivity index (χ0v) is 14.5. The molecule has 0 fully saturated rings. The lowest BCUT2D eigenvalue weighted by Crippen LogP contribution is -2.04. The first kappa shape index (κ1) is 18.1. The number of carbonyl (C=O) groups is 1. The van der Waals surface area contributed by atoms with Gasteiger partial charge in [0.1, 0.15) is 11.5 Å². The summed E-state index contributed by atoms with van der Waals surface area (Å²) < 4.78 is 10.6. The van der Waals surface area contributed by atoms with Crippen molar-refractivity contribution in [3.63, 3.8) is 0 Å². The third-order valence-electron chi connectivity index (χ3n) is 3.39. The monoisotopic (exact) mass is 332 g/mol. The van der Waals surface area contributed by atoms with Gasteiger partial charge in [0.2, 0.25) is 0 Å². The predicted molar refractivity (Wildman–Crippen MR) is 101 cm³/mol. The Balaban J connectivity index is 2.10. The van der Waals surface area contributed by atoms with Crippen LogP contribution in [0.5, 0.6) is 5.75 Å². The number of carbonyl (C=O) groups excluding carboxylic acids is 1. The summed E-state index contributed by atoms with van der Waals surface area (Å²) >= 11 is 0. The zero-order chi connectivity index (χ0) is 18.4. The van der Waals surface area contributed by atoms with Crippen LogP contribution in [0.15, 0.2) is 73.0 Å². The molecule has 0 atom stereocenters. The third-order valence-corrected chi connectivity index (χ3v) is 3.39. The van der Waals surface area contributed by atoms with E-state index in [1.54, 1.807) is 6.92 Å². The van der Waals surface area contributed by atoms with E-state index in [2.05, 4.69) is 31.6 Å². The minimum atomic E-state index is -0.434. The van der Waals surface area contributed by atoms with Gasteiger partial charge in [-0.1, -0.05) is 43.7 Å². The van der Waals surface area contributed by atoms with E-state index < -0.39 is 5.97 Å². The maximum absolute atomic E-state index is 11.3. The standard InChI is InChI=1S/C22H20O3/c1-15(2)17(5)25-21-11-10-19-13-18(8-9-20(19)14-21)7-6-12-24-22(23)16(3)4/h8-11,13-14H,1,3,5,12H2,2,4H3.